The summed E-state index contributed by atoms with van der Waals surface area (Å²) in [5, 5.41) is 0.867. The Morgan fingerprint density at radius 3 is 2.86 bits per heavy atom. The van der Waals surface area contributed by atoms with E-state index in [4.69, 9.17) is 15.2 Å². The summed E-state index contributed by atoms with van der Waals surface area (Å²) < 4.78 is 11.2. The van der Waals surface area contributed by atoms with Crippen molar-refractivity contribution in [1.29, 1.82) is 0 Å². The summed E-state index contributed by atoms with van der Waals surface area (Å²) in [5.41, 5.74) is 10.9. The maximum Gasteiger partial charge on any atom is 0.273 e. The van der Waals surface area contributed by atoms with Crippen LogP contribution in [0.5, 0.6) is 0 Å². The zero-order valence-corrected chi connectivity index (χ0v) is 16.1. The number of anilines is 1. The molecule has 0 saturated carbocycles. The van der Waals surface area contributed by atoms with E-state index in [2.05, 4.69) is 15.0 Å². The first-order chi connectivity index (χ1) is 14.1. The molecule has 0 unspecified atom stereocenters. The zero-order valence-electron chi connectivity index (χ0n) is 16.1. The maximum absolute atomic E-state index is 13.4. The Balaban J connectivity index is 1.52. The van der Waals surface area contributed by atoms with Gasteiger partial charge in [0.15, 0.2) is 0 Å². The molecule has 8 nitrogen and oxygen atoms in total. The van der Waals surface area contributed by atoms with Gasteiger partial charge < -0.3 is 20.1 Å². The van der Waals surface area contributed by atoms with Gasteiger partial charge in [-0.3, -0.25) is 9.78 Å². The summed E-state index contributed by atoms with van der Waals surface area (Å²) >= 11 is 0. The van der Waals surface area contributed by atoms with Crippen LogP contribution >= 0.6 is 0 Å². The van der Waals surface area contributed by atoms with Crippen LogP contribution in [-0.2, 0) is 22.7 Å². The molecular formula is C21H21N5O3. The number of ether oxygens (including phenoxy) is 2. The molecule has 8 heteroatoms. The second kappa shape index (κ2) is 7.06. The number of aryl methyl sites for hydroxylation is 1. The largest absolute Gasteiger partial charge is 0.383 e. The Labute approximate surface area is 167 Å². The van der Waals surface area contributed by atoms with Crippen LogP contribution in [0.4, 0.5) is 5.82 Å². The first-order valence-electron chi connectivity index (χ1n) is 9.58. The molecule has 0 aliphatic carbocycles. The van der Waals surface area contributed by atoms with E-state index in [9.17, 15) is 4.79 Å². The summed E-state index contributed by atoms with van der Waals surface area (Å²) in [6, 6.07) is 5.55. The number of aromatic nitrogens is 3. The number of nitrogen functional groups attached to an aromatic ring is 1. The first kappa shape index (κ1) is 18.0. The van der Waals surface area contributed by atoms with Crippen LogP contribution in [0.2, 0.25) is 0 Å². The van der Waals surface area contributed by atoms with Gasteiger partial charge in [0, 0.05) is 29.4 Å². The van der Waals surface area contributed by atoms with Crippen molar-refractivity contribution in [3.63, 3.8) is 0 Å². The van der Waals surface area contributed by atoms with Crippen molar-refractivity contribution in [1.82, 2.24) is 19.9 Å². The number of nitrogens with two attached hydrogens (primary N) is 1. The molecule has 5 rings (SSSR count). The lowest BCUT2D eigenvalue weighted by molar-refractivity contribution is -0.00309. The molecule has 1 saturated heterocycles. The van der Waals surface area contributed by atoms with Gasteiger partial charge in [0.1, 0.15) is 11.5 Å². The average Bonchev–Trinajstić information content (AvgIpc) is 3.25. The number of carbonyl (C=O) groups is 1. The standard InChI is InChI=1S/C21H21N5O3/c1-12-2-3-13(7-23-12)19-11-28-5-4-26(19)21(27)17-6-14-15-9-29-10-16(15)20(22)25-18(14)8-24-17/h2-3,6-8,19H,4-5,9-11H2,1H3,(H2,22,25)/t19-/m0/s1. The topological polar surface area (TPSA) is 103 Å². The third-order valence-electron chi connectivity index (χ3n) is 5.54. The van der Waals surface area contributed by atoms with E-state index in [1.165, 1.54) is 0 Å². The summed E-state index contributed by atoms with van der Waals surface area (Å²) in [6.07, 6.45) is 3.42. The van der Waals surface area contributed by atoms with Crippen LogP contribution in [-0.4, -0.2) is 45.5 Å². The second-order valence-electron chi connectivity index (χ2n) is 7.36. The normalized spacial score (nSPS) is 18.8. The third-order valence-corrected chi connectivity index (χ3v) is 5.54. The van der Waals surface area contributed by atoms with E-state index in [1.54, 1.807) is 18.5 Å². The van der Waals surface area contributed by atoms with Crippen LogP contribution in [0.1, 0.15) is 38.9 Å². The molecule has 3 aromatic heterocycles. The third kappa shape index (κ3) is 3.10. The molecule has 0 spiro atoms. The van der Waals surface area contributed by atoms with E-state index in [1.807, 2.05) is 24.0 Å². The number of hydrogen-bond acceptors (Lipinski definition) is 7. The van der Waals surface area contributed by atoms with Gasteiger partial charge in [0.25, 0.3) is 5.91 Å². The van der Waals surface area contributed by atoms with E-state index in [0.717, 1.165) is 27.8 Å². The van der Waals surface area contributed by atoms with Crippen LogP contribution < -0.4 is 5.73 Å². The van der Waals surface area contributed by atoms with Gasteiger partial charge in [-0.1, -0.05) is 6.07 Å². The van der Waals surface area contributed by atoms with Crippen LogP contribution in [0.25, 0.3) is 10.9 Å². The molecular weight excluding hydrogens is 370 g/mol. The van der Waals surface area contributed by atoms with Crippen molar-refractivity contribution in [2.45, 2.75) is 26.2 Å². The van der Waals surface area contributed by atoms with Crippen molar-refractivity contribution < 1.29 is 14.3 Å². The SMILES string of the molecule is Cc1ccc([C@@H]2COCCN2C(=O)c2cc3c4c(c(N)nc3cn2)COC4)cn1. The molecule has 1 atom stereocenters. The van der Waals surface area contributed by atoms with Gasteiger partial charge >= 0.3 is 0 Å². The van der Waals surface area contributed by atoms with E-state index < -0.39 is 0 Å². The lowest BCUT2D eigenvalue weighted by Gasteiger charge is -2.35. The Morgan fingerprint density at radius 1 is 1.17 bits per heavy atom. The summed E-state index contributed by atoms with van der Waals surface area (Å²) in [4.78, 5) is 28.3. The quantitative estimate of drug-likeness (QED) is 0.714. The highest BCUT2D eigenvalue weighted by molar-refractivity contribution is 5.97. The molecule has 29 heavy (non-hydrogen) atoms. The number of nitrogens with zero attached hydrogens (tertiary/aromatic N) is 4. The second-order valence-corrected chi connectivity index (χ2v) is 7.36. The number of carbonyl (C=O) groups excluding carboxylic acids is 1. The molecule has 5 heterocycles. The van der Waals surface area contributed by atoms with Crippen LogP contribution in [0, 0.1) is 6.92 Å². The predicted molar refractivity (Wildman–Crippen MR) is 106 cm³/mol. The van der Waals surface area contributed by atoms with Crippen molar-refractivity contribution in [2.24, 2.45) is 0 Å². The molecule has 0 aromatic carbocycles. The number of fused-ring (bicyclic) bond motifs is 3. The highest BCUT2D eigenvalue weighted by Gasteiger charge is 2.31. The number of amides is 1. The van der Waals surface area contributed by atoms with E-state index >= 15 is 0 Å². The smallest absolute Gasteiger partial charge is 0.273 e. The fourth-order valence-electron chi connectivity index (χ4n) is 3.94. The van der Waals surface area contributed by atoms with Gasteiger partial charge in [-0.25, -0.2) is 9.97 Å². The van der Waals surface area contributed by atoms with Crippen LogP contribution in [0.3, 0.4) is 0 Å². The lowest BCUT2D eigenvalue weighted by Crippen LogP contribution is -2.43. The molecule has 2 aliphatic heterocycles. The van der Waals surface area contributed by atoms with Crippen molar-refractivity contribution in [3.8, 4) is 0 Å². The number of pyridine rings is 3. The molecule has 148 valence electrons. The Morgan fingerprint density at radius 2 is 2.03 bits per heavy atom. The molecule has 0 bridgehead atoms. The highest BCUT2D eigenvalue weighted by atomic mass is 16.5. The average molecular weight is 391 g/mol. The van der Waals surface area contributed by atoms with Gasteiger partial charge in [0.2, 0.25) is 0 Å². The molecule has 3 aromatic rings. The van der Waals surface area contributed by atoms with Crippen molar-refractivity contribution in [2.75, 3.05) is 25.5 Å². The fourth-order valence-corrected chi connectivity index (χ4v) is 3.94. The molecule has 1 fully saturated rings. The molecule has 2 aliphatic rings. The van der Waals surface area contributed by atoms with Gasteiger partial charge in [-0.2, -0.15) is 0 Å². The number of morpholine rings is 1. The lowest BCUT2D eigenvalue weighted by atomic mass is 10.0. The minimum atomic E-state index is -0.194. The number of rotatable bonds is 2. The predicted octanol–water partition coefficient (Wildman–Crippen LogP) is 2.16. The van der Waals surface area contributed by atoms with E-state index in [-0.39, 0.29) is 11.9 Å². The van der Waals surface area contributed by atoms with Crippen molar-refractivity contribution in [3.05, 3.63) is 58.7 Å². The van der Waals surface area contributed by atoms with Crippen molar-refractivity contribution >= 4 is 22.6 Å². The Bertz CT molecular complexity index is 1100. The highest BCUT2D eigenvalue weighted by Crippen LogP contribution is 2.32. The Hall–Kier alpha value is -3.10. The van der Waals surface area contributed by atoms with Gasteiger partial charge in [0.05, 0.1) is 44.2 Å². The summed E-state index contributed by atoms with van der Waals surface area (Å²) in [5.74, 6) is 0.330. The minimum absolute atomic E-state index is 0.134. The Kier molecular flexibility index (Phi) is 4.37. The molecule has 1 amide bonds. The molecule has 0 radical (unpaired) electrons. The fraction of sp³-hybridized carbons (Fsp3) is 0.333. The van der Waals surface area contributed by atoms with Gasteiger partial charge in [-0.15, -0.1) is 0 Å². The molecule has 2 N–H and O–H groups in total. The number of hydrogen-bond donors (Lipinski definition) is 1. The van der Waals surface area contributed by atoms with Crippen LogP contribution in [0.15, 0.2) is 30.6 Å². The monoisotopic (exact) mass is 391 g/mol. The summed E-state index contributed by atoms with van der Waals surface area (Å²) in [7, 11) is 0. The maximum atomic E-state index is 13.4. The summed E-state index contributed by atoms with van der Waals surface area (Å²) in [6.45, 7) is 4.28. The van der Waals surface area contributed by atoms with Gasteiger partial charge in [-0.05, 0) is 30.2 Å². The minimum Gasteiger partial charge on any atom is -0.383 e. The first-order valence-corrected chi connectivity index (χ1v) is 9.58. The zero-order chi connectivity index (χ0) is 20.0. The van der Waals surface area contributed by atoms with E-state index in [0.29, 0.717) is 50.0 Å².